The van der Waals surface area contributed by atoms with Crippen molar-refractivity contribution in [3.05, 3.63) is 96.6 Å². The van der Waals surface area contributed by atoms with Crippen LogP contribution in [0.4, 0.5) is 11.4 Å². The number of anilines is 2. The topological polar surface area (TPSA) is 77.1 Å². The fourth-order valence-electron chi connectivity index (χ4n) is 5.63. The first-order chi connectivity index (χ1) is 20.5. The van der Waals surface area contributed by atoms with Gasteiger partial charge in [0.2, 0.25) is 5.72 Å². The number of hydrogen-bond donors (Lipinski definition) is 1. The summed E-state index contributed by atoms with van der Waals surface area (Å²) in [6.07, 6.45) is 0. The third kappa shape index (κ3) is 5.55. The Morgan fingerprint density at radius 3 is 2.28 bits per heavy atom. The van der Waals surface area contributed by atoms with E-state index in [0.29, 0.717) is 30.2 Å². The van der Waals surface area contributed by atoms with Crippen LogP contribution in [0.25, 0.3) is 21.5 Å². The molecule has 1 aliphatic heterocycles. The molecule has 43 heavy (non-hydrogen) atoms. The number of hydrogen-bond acceptors (Lipinski definition) is 7. The van der Waals surface area contributed by atoms with Gasteiger partial charge in [0, 0.05) is 28.1 Å². The van der Waals surface area contributed by atoms with Crippen LogP contribution in [-0.4, -0.2) is 37.4 Å². The first kappa shape index (κ1) is 29.7. The summed E-state index contributed by atoms with van der Waals surface area (Å²) in [6, 6.07) is 22.1. The molecule has 0 aromatic heterocycles. The Labute approximate surface area is 252 Å². The lowest BCUT2D eigenvalue weighted by Gasteiger charge is -2.51. The van der Waals surface area contributed by atoms with E-state index in [-0.39, 0.29) is 18.1 Å². The molecule has 4 aromatic rings. The largest absolute Gasteiger partial charge is 0.460 e. The van der Waals surface area contributed by atoms with E-state index < -0.39 is 17.7 Å². The molecule has 0 saturated carbocycles. The molecule has 0 amide bonds. The summed E-state index contributed by atoms with van der Waals surface area (Å²) >= 11 is 0. The molecule has 1 atom stereocenters. The maximum absolute atomic E-state index is 12.8. The summed E-state index contributed by atoms with van der Waals surface area (Å²) in [5, 5.41) is 7.75. The molecule has 1 unspecified atom stereocenters. The third-order valence-corrected chi connectivity index (χ3v) is 8.03. The van der Waals surface area contributed by atoms with Crippen molar-refractivity contribution in [2.75, 3.05) is 29.9 Å². The smallest absolute Gasteiger partial charge is 0.338 e. The number of carbonyl (C=O) groups is 2. The maximum atomic E-state index is 12.8. The number of benzene rings is 4. The second-order valence-electron chi connectivity index (χ2n) is 11.4. The number of aryl methyl sites for hydroxylation is 1. The summed E-state index contributed by atoms with van der Waals surface area (Å²) in [5.74, 6) is -0.288. The molecular weight excluding hydrogens is 540 g/mol. The van der Waals surface area contributed by atoms with E-state index in [1.807, 2.05) is 42.5 Å². The Kier molecular flexibility index (Phi) is 8.18. The fraction of sp³-hybridized carbons (Fsp3) is 0.278. The van der Waals surface area contributed by atoms with Crippen molar-refractivity contribution in [2.24, 2.45) is 5.92 Å². The molecule has 1 aliphatic rings. The van der Waals surface area contributed by atoms with Crippen molar-refractivity contribution in [1.29, 1.82) is 0 Å². The molecule has 7 nitrogen and oxygen atoms in total. The van der Waals surface area contributed by atoms with Gasteiger partial charge in [0.15, 0.2) is 11.5 Å². The van der Waals surface area contributed by atoms with Crippen LogP contribution in [0.2, 0.25) is 0 Å². The summed E-state index contributed by atoms with van der Waals surface area (Å²) in [4.78, 5) is 27.3. The molecule has 5 rings (SSSR count). The summed E-state index contributed by atoms with van der Waals surface area (Å²) < 4.78 is 18.5. The molecule has 1 N–H and O–H groups in total. The average Bonchev–Trinajstić information content (AvgIpc) is 2.99. The predicted molar refractivity (Wildman–Crippen MR) is 173 cm³/mol. The van der Waals surface area contributed by atoms with Crippen molar-refractivity contribution in [3.8, 4) is 11.5 Å². The first-order valence-electron chi connectivity index (χ1n) is 14.5. The number of esters is 2. The van der Waals surface area contributed by atoms with Crippen molar-refractivity contribution < 1.29 is 23.8 Å². The van der Waals surface area contributed by atoms with E-state index in [4.69, 9.17) is 14.2 Å². The van der Waals surface area contributed by atoms with E-state index in [2.05, 4.69) is 68.4 Å². The van der Waals surface area contributed by atoms with E-state index in [0.717, 1.165) is 38.5 Å². The van der Waals surface area contributed by atoms with Gasteiger partial charge in [-0.3, -0.25) is 0 Å². The van der Waals surface area contributed by atoms with Crippen LogP contribution in [0.15, 0.2) is 91.0 Å². The van der Waals surface area contributed by atoms with Crippen LogP contribution in [0.5, 0.6) is 11.5 Å². The van der Waals surface area contributed by atoms with E-state index in [1.165, 1.54) is 0 Å². The lowest BCUT2D eigenvalue weighted by Crippen LogP contribution is -2.64. The molecule has 0 aliphatic carbocycles. The molecule has 222 valence electrons. The van der Waals surface area contributed by atoms with Crippen molar-refractivity contribution in [3.63, 3.8) is 0 Å². The summed E-state index contributed by atoms with van der Waals surface area (Å²) in [7, 11) is 0. The Balaban J connectivity index is 1.67. The van der Waals surface area contributed by atoms with Crippen molar-refractivity contribution >= 4 is 44.9 Å². The monoisotopic (exact) mass is 578 g/mol. The average molecular weight is 579 g/mol. The first-order valence-corrected chi connectivity index (χ1v) is 14.5. The zero-order chi connectivity index (χ0) is 30.9. The van der Waals surface area contributed by atoms with E-state index >= 15 is 0 Å². The molecule has 1 heterocycles. The van der Waals surface area contributed by atoms with Crippen LogP contribution < -0.4 is 19.7 Å². The van der Waals surface area contributed by atoms with Crippen LogP contribution in [0.1, 0.15) is 33.3 Å². The SMILES string of the molecule is C=C(C)C(=O)OCCN(c1ccc2ccccc2c1C)C1(C(C)C)CNc2c(c(OC(=O)C(=C)C)cc3ccccc23)O1. The minimum absolute atomic E-state index is 0.0629. The molecule has 0 saturated heterocycles. The van der Waals surface area contributed by atoms with Crippen molar-refractivity contribution in [2.45, 2.75) is 40.3 Å². The van der Waals surface area contributed by atoms with Gasteiger partial charge >= 0.3 is 11.9 Å². The Hall–Kier alpha value is -4.78. The minimum atomic E-state index is -0.956. The highest BCUT2D eigenvalue weighted by molar-refractivity contribution is 6.01. The highest BCUT2D eigenvalue weighted by Gasteiger charge is 2.47. The number of nitrogens with one attached hydrogen (secondary N) is 1. The Morgan fingerprint density at radius 1 is 0.953 bits per heavy atom. The maximum Gasteiger partial charge on any atom is 0.338 e. The highest BCUT2D eigenvalue weighted by Crippen LogP contribution is 2.49. The van der Waals surface area contributed by atoms with Gasteiger partial charge < -0.3 is 24.4 Å². The third-order valence-electron chi connectivity index (χ3n) is 8.03. The number of nitrogens with zero attached hydrogens (tertiary/aromatic N) is 1. The zero-order valence-corrected chi connectivity index (χ0v) is 25.5. The van der Waals surface area contributed by atoms with Crippen LogP contribution in [0.3, 0.4) is 0 Å². The summed E-state index contributed by atoms with van der Waals surface area (Å²) in [5.41, 5.74) is 2.45. The van der Waals surface area contributed by atoms with Crippen LogP contribution in [0, 0.1) is 12.8 Å². The molecule has 7 heteroatoms. The molecule has 0 fully saturated rings. The molecule has 0 radical (unpaired) electrons. The quantitative estimate of drug-likeness (QED) is 0.125. The van der Waals surface area contributed by atoms with Gasteiger partial charge in [-0.1, -0.05) is 81.6 Å². The van der Waals surface area contributed by atoms with Gasteiger partial charge in [-0.25, -0.2) is 9.59 Å². The van der Waals surface area contributed by atoms with Gasteiger partial charge in [0.05, 0.1) is 18.8 Å². The normalized spacial score (nSPS) is 15.8. The molecule has 0 bridgehead atoms. The van der Waals surface area contributed by atoms with Gasteiger partial charge in [-0.05, 0) is 54.6 Å². The van der Waals surface area contributed by atoms with E-state index in [9.17, 15) is 9.59 Å². The van der Waals surface area contributed by atoms with Crippen molar-refractivity contribution in [1.82, 2.24) is 0 Å². The molecular formula is C36H38N2O5. The Morgan fingerprint density at radius 2 is 1.60 bits per heavy atom. The lowest BCUT2D eigenvalue weighted by molar-refractivity contribution is -0.138. The van der Waals surface area contributed by atoms with Gasteiger partial charge in [-0.2, -0.15) is 0 Å². The predicted octanol–water partition coefficient (Wildman–Crippen LogP) is 7.57. The number of rotatable bonds is 9. The summed E-state index contributed by atoms with van der Waals surface area (Å²) in [6.45, 7) is 17.9. The molecule has 0 spiro atoms. The second-order valence-corrected chi connectivity index (χ2v) is 11.4. The van der Waals surface area contributed by atoms with Gasteiger partial charge in [0.1, 0.15) is 6.61 Å². The van der Waals surface area contributed by atoms with Crippen LogP contribution >= 0.6 is 0 Å². The van der Waals surface area contributed by atoms with Gasteiger partial charge in [0.25, 0.3) is 0 Å². The number of carbonyl (C=O) groups excluding carboxylic acids is 2. The highest BCUT2D eigenvalue weighted by atomic mass is 16.6. The number of fused-ring (bicyclic) bond motifs is 4. The number of ether oxygens (including phenoxy) is 3. The van der Waals surface area contributed by atoms with Crippen LogP contribution in [-0.2, 0) is 14.3 Å². The standard InChI is InChI=1S/C36H38N2O5/c1-22(2)34(39)41-19-18-38(30-17-16-26-12-8-10-14-28(26)25(30)7)36(24(5)6)21-37-32-29-15-11-9-13-27(29)20-31(33(32)43-36)42-35(40)23(3)4/h8-17,20,24,37H,1,3,18-19,21H2,2,4-7H3. The zero-order valence-electron chi connectivity index (χ0n) is 25.5. The minimum Gasteiger partial charge on any atom is -0.460 e. The van der Waals surface area contributed by atoms with Gasteiger partial charge in [-0.15, -0.1) is 0 Å². The Bertz CT molecular complexity index is 1760. The second kappa shape index (κ2) is 11.8. The van der Waals surface area contributed by atoms with E-state index in [1.54, 1.807) is 13.8 Å². The molecule has 4 aromatic carbocycles. The lowest BCUT2D eigenvalue weighted by atomic mass is 9.92. The fourth-order valence-corrected chi connectivity index (χ4v) is 5.63.